The fraction of sp³-hybridized carbons (Fsp3) is 0.111. The van der Waals surface area contributed by atoms with Gasteiger partial charge in [-0.05, 0) is 12.5 Å². The van der Waals surface area contributed by atoms with Gasteiger partial charge in [-0.2, -0.15) is 0 Å². The first-order valence-corrected chi connectivity index (χ1v) is 3.38. The maximum Gasteiger partial charge on any atom is 0.233 e. The van der Waals surface area contributed by atoms with Gasteiger partial charge < -0.3 is 0 Å². The molecule has 2 heteroatoms. The third-order valence-corrected chi connectivity index (χ3v) is 1.44. The van der Waals surface area contributed by atoms with Gasteiger partial charge in [0.05, 0.1) is 0 Å². The minimum Gasteiger partial charge on any atom is -0.276 e. The first kappa shape index (κ1) is 7.66. The van der Waals surface area contributed by atoms with Crippen LogP contribution in [0.2, 0.25) is 0 Å². The van der Waals surface area contributed by atoms with Crippen LogP contribution < -0.4 is 0 Å². The largest absolute Gasteiger partial charge is 0.276 e. The van der Waals surface area contributed by atoms with Crippen molar-refractivity contribution >= 4 is 12.1 Å². The second kappa shape index (κ2) is 3.66. The fourth-order valence-corrected chi connectivity index (χ4v) is 0.833. The van der Waals surface area contributed by atoms with Crippen LogP contribution in [0, 0.1) is 0 Å². The summed E-state index contributed by atoms with van der Waals surface area (Å²) < 4.78 is 0. The number of carbonyl (C=O) groups excluding carboxylic acids is 1. The number of rotatable bonds is 2. The molecule has 0 atom stereocenters. The molecule has 0 saturated carbocycles. The SMILES string of the molecule is CC(=NC=O)c1ccccc1. The standard InChI is InChI=1S/C9H9NO/c1-8(10-7-11)9-5-3-2-4-6-9/h2-7H,1H3. The van der Waals surface area contributed by atoms with Crippen molar-refractivity contribution in [3.63, 3.8) is 0 Å². The molecule has 0 radical (unpaired) electrons. The van der Waals surface area contributed by atoms with Crippen LogP contribution in [0.5, 0.6) is 0 Å². The zero-order valence-electron chi connectivity index (χ0n) is 6.32. The van der Waals surface area contributed by atoms with Crippen LogP contribution in [0.25, 0.3) is 0 Å². The van der Waals surface area contributed by atoms with Gasteiger partial charge in [0.1, 0.15) is 0 Å². The minimum absolute atomic E-state index is 0.558. The number of aliphatic imine (C=N–C) groups is 1. The highest BCUT2D eigenvalue weighted by Gasteiger charge is 1.92. The molecule has 0 N–H and O–H groups in total. The van der Waals surface area contributed by atoms with E-state index in [4.69, 9.17) is 0 Å². The predicted molar refractivity (Wildman–Crippen MR) is 44.7 cm³/mol. The summed E-state index contributed by atoms with van der Waals surface area (Å²) in [5.41, 5.74) is 1.74. The van der Waals surface area contributed by atoms with Crippen molar-refractivity contribution < 1.29 is 4.79 Å². The van der Waals surface area contributed by atoms with Crippen molar-refractivity contribution in [3.05, 3.63) is 35.9 Å². The first-order chi connectivity index (χ1) is 5.34. The highest BCUT2D eigenvalue weighted by molar-refractivity contribution is 6.01. The number of nitrogens with zero attached hydrogens (tertiary/aromatic N) is 1. The van der Waals surface area contributed by atoms with Crippen molar-refractivity contribution in [1.82, 2.24) is 0 Å². The van der Waals surface area contributed by atoms with Gasteiger partial charge >= 0.3 is 0 Å². The van der Waals surface area contributed by atoms with Gasteiger partial charge in [-0.15, -0.1) is 0 Å². The Kier molecular flexibility index (Phi) is 2.55. The lowest BCUT2D eigenvalue weighted by Gasteiger charge is -1.95. The van der Waals surface area contributed by atoms with Crippen LogP contribution in [0.1, 0.15) is 12.5 Å². The fourth-order valence-electron chi connectivity index (χ4n) is 0.833. The monoisotopic (exact) mass is 147 g/mol. The molecular weight excluding hydrogens is 138 g/mol. The third-order valence-electron chi connectivity index (χ3n) is 1.44. The van der Waals surface area contributed by atoms with Crippen LogP contribution in [-0.4, -0.2) is 12.1 Å². The molecule has 11 heavy (non-hydrogen) atoms. The first-order valence-electron chi connectivity index (χ1n) is 3.38. The molecule has 1 amide bonds. The van der Waals surface area contributed by atoms with E-state index in [1.54, 1.807) is 0 Å². The lowest BCUT2D eigenvalue weighted by atomic mass is 10.1. The molecule has 0 aliphatic rings. The number of amides is 1. The van der Waals surface area contributed by atoms with E-state index in [-0.39, 0.29) is 0 Å². The zero-order chi connectivity index (χ0) is 8.10. The molecule has 0 aliphatic carbocycles. The normalized spacial score (nSPS) is 11.2. The Morgan fingerprint density at radius 3 is 2.55 bits per heavy atom. The molecule has 0 aromatic heterocycles. The van der Waals surface area contributed by atoms with Gasteiger partial charge in [0, 0.05) is 5.71 Å². The minimum atomic E-state index is 0.558. The summed E-state index contributed by atoms with van der Waals surface area (Å²) in [6, 6.07) is 9.60. The Hall–Kier alpha value is -1.44. The summed E-state index contributed by atoms with van der Waals surface area (Å²) in [7, 11) is 0. The number of hydrogen-bond donors (Lipinski definition) is 0. The van der Waals surface area contributed by atoms with Gasteiger partial charge in [-0.3, -0.25) is 4.79 Å². The highest BCUT2D eigenvalue weighted by Crippen LogP contribution is 1.99. The molecule has 0 fully saturated rings. The molecule has 56 valence electrons. The number of hydrogen-bond acceptors (Lipinski definition) is 1. The number of carbonyl (C=O) groups is 1. The second-order valence-corrected chi connectivity index (χ2v) is 2.19. The summed E-state index contributed by atoms with van der Waals surface area (Å²) in [5, 5.41) is 0. The maximum atomic E-state index is 10.0. The van der Waals surface area contributed by atoms with Crippen LogP contribution in [0.15, 0.2) is 35.3 Å². The van der Waals surface area contributed by atoms with Crippen molar-refractivity contribution in [2.45, 2.75) is 6.92 Å². The van der Waals surface area contributed by atoms with Crippen LogP contribution in [0.3, 0.4) is 0 Å². The van der Waals surface area contributed by atoms with E-state index in [0.29, 0.717) is 6.41 Å². The maximum absolute atomic E-state index is 10.0. The predicted octanol–water partition coefficient (Wildman–Crippen LogP) is 1.65. The van der Waals surface area contributed by atoms with Gasteiger partial charge in [-0.1, -0.05) is 30.3 Å². The molecular formula is C9H9NO. The highest BCUT2D eigenvalue weighted by atomic mass is 16.1. The van der Waals surface area contributed by atoms with E-state index >= 15 is 0 Å². The Labute approximate surface area is 65.6 Å². The summed E-state index contributed by atoms with van der Waals surface area (Å²) in [5.74, 6) is 0. The average Bonchev–Trinajstić information content (AvgIpc) is 2.07. The molecule has 1 aromatic rings. The Morgan fingerprint density at radius 2 is 2.00 bits per heavy atom. The molecule has 1 aromatic carbocycles. The van der Waals surface area contributed by atoms with Gasteiger partial charge in [0.2, 0.25) is 6.41 Å². The van der Waals surface area contributed by atoms with Crippen LogP contribution in [-0.2, 0) is 4.79 Å². The van der Waals surface area contributed by atoms with Crippen molar-refractivity contribution in [2.24, 2.45) is 4.99 Å². The smallest absolute Gasteiger partial charge is 0.233 e. The van der Waals surface area contributed by atoms with Crippen molar-refractivity contribution in [2.75, 3.05) is 0 Å². The third kappa shape index (κ3) is 2.00. The second-order valence-electron chi connectivity index (χ2n) is 2.19. The quantitative estimate of drug-likeness (QED) is 0.462. The molecule has 0 heterocycles. The van der Waals surface area contributed by atoms with E-state index in [1.165, 1.54) is 0 Å². The lowest BCUT2D eigenvalue weighted by molar-refractivity contribution is -0.106. The molecule has 0 unspecified atom stereocenters. The summed E-state index contributed by atoms with van der Waals surface area (Å²) in [4.78, 5) is 13.6. The van der Waals surface area contributed by atoms with Crippen molar-refractivity contribution in [1.29, 1.82) is 0 Å². The van der Waals surface area contributed by atoms with E-state index in [1.807, 2.05) is 37.3 Å². The Morgan fingerprint density at radius 1 is 1.36 bits per heavy atom. The van der Waals surface area contributed by atoms with Gasteiger partial charge in [-0.25, -0.2) is 4.99 Å². The summed E-state index contributed by atoms with van der Waals surface area (Å²) in [6.07, 6.45) is 0.558. The van der Waals surface area contributed by atoms with Gasteiger partial charge in [0.15, 0.2) is 0 Å². The van der Waals surface area contributed by atoms with E-state index in [2.05, 4.69) is 4.99 Å². The average molecular weight is 147 g/mol. The number of benzene rings is 1. The molecule has 0 spiro atoms. The molecule has 0 saturated heterocycles. The van der Waals surface area contributed by atoms with Gasteiger partial charge in [0.25, 0.3) is 0 Å². The summed E-state index contributed by atoms with van der Waals surface area (Å²) in [6.45, 7) is 1.81. The van der Waals surface area contributed by atoms with E-state index in [0.717, 1.165) is 11.3 Å². The molecule has 1 rings (SSSR count). The van der Waals surface area contributed by atoms with Crippen LogP contribution in [0.4, 0.5) is 0 Å². The lowest BCUT2D eigenvalue weighted by Crippen LogP contribution is -1.93. The topological polar surface area (TPSA) is 29.4 Å². The molecule has 0 aliphatic heterocycles. The van der Waals surface area contributed by atoms with Crippen LogP contribution >= 0.6 is 0 Å². The zero-order valence-corrected chi connectivity index (χ0v) is 6.32. The van der Waals surface area contributed by atoms with Crippen molar-refractivity contribution in [3.8, 4) is 0 Å². The Bertz CT molecular complexity index is 264. The van der Waals surface area contributed by atoms with E-state index in [9.17, 15) is 4.79 Å². The summed E-state index contributed by atoms with van der Waals surface area (Å²) >= 11 is 0. The Balaban J connectivity index is 2.94. The van der Waals surface area contributed by atoms with E-state index < -0.39 is 0 Å². The molecule has 2 nitrogen and oxygen atoms in total. The molecule has 0 bridgehead atoms.